The van der Waals surface area contributed by atoms with Crippen molar-refractivity contribution in [2.45, 2.75) is 51.9 Å². The molecule has 2 rings (SSSR count). The number of hydrogen-bond acceptors (Lipinski definition) is 5. The van der Waals surface area contributed by atoms with E-state index in [0.717, 1.165) is 42.4 Å². The van der Waals surface area contributed by atoms with E-state index in [1.165, 1.54) is 0 Å². The predicted octanol–water partition coefficient (Wildman–Crippen LogP) is 2.28. The standard InChI is InChI=1S/C11H19N3OS/c1-3-6-12-7-10-13-14-11(16-10)9-5-4-8(2)15-9/h8-9,12H,3-7H2,1-2H3. The second-order valence-electron chi connectivity index (χ2n) is 4.22. The normalized spacial score (nSPS) is 25.1. The SMILES string of the molecule is CCCNCc1nnc(C2CCC(C)O2)s1. The van der Waals surface area contributed by atoms with Gasteiger partial charge >= 0.3 is 0 Å². The van der Waals surface area contributed by atoms with Crippen molar-refractivity contribution in [3.8, 4) is 0 Å². The first kappa shape index (κ1) is 12.0. The first-order valence-electron chi connectivity index (χ1n) is 5.98. The second kappa shape index (κ2) is 5.70. The number of rotatable bonds is 5. The van der Waals surface area contributed by atoms with Crippen molar-refractivity contribution in [2.24, 2.45) is 0 Å². The lowest BCUT2D eigenvalue weighted by atomic mass is 10.2. The van der Waals surface area contributed by atoms with E-state index in [-0.39, 0.29) is 6.10 Å². The van der Waals surface area contributed by atoms with Gasteiger partial charge in [0.2, 0.25) is 0 Å². The molecule has 1 aliphatic heterocycles. The maximum atomic E-state index is 5.77. The summed E-state index contributed by atoms with van der Waals surface area (Å²) in [6, 6.07) is 0. The Balaban J connectivity index is 1.87. The zero-order valence-electron chi connectivity index (χ0n) is 9.90. The summed E-state index contributed by atoms with van der Waals surface area (Å²) in [6.07, 6.45) is 3.92. The number of nitrogens with one attached hydrogen (secondary N) is 1. The molecule has 2 unspecified atom stereocenters. The van der Waals surface area contributed by atoms with Crippen LogP contribution >= 0.6 is 11.3 Å². The Kier molecular flexibility index (Phi) is 4.26. The van der Waals surface area contributed by atoms with Crippen LogP contribution in [-0.4, -0.2) is 22.8 Å². The molecule has 90 valence electrons. The van der Waals surface area contributed by atoms with Gasteiger partial charge in [-0.15, -0.1) is 10.2 Å². The van der Waals surface area contributed by atoms with Gasteiger partial charge in [0, 0.05) is 6.54 Å². The molecule has 1 N–H and O–H groups in total. The van der Waals surface area contributed by atoms with Gasteiger partial charge in [-0.25, -0.2) is 0 Å². The number of nitrogens with zero attached hydrogens (tertiary/aromatic N) is 2. The third-order valence-electron chi connectivity index (χ3n) is 2.69. The van der Waals surface area contributed by atoms with Gasteiger partial charge in [-0.2, -0.15) is 0 Å². The zero-order valence-corrected chi connectivity index (χ0v) is 10.7. The molecule has 16 heavy (non-hydrogen) atoms. The molecule has 1 aromatic rings. The minimum atomic E-state index is 0.187. The first-order valence-corrected chi connectivity index (χ1v) is 6.79. The molecule has 0 aromatic carbocycles. The van der Waals surface area contributed by atoms with Crippen LogP contribution in [-0.2, 0) is 11.3 Å². The molecule has 0 bridgehead atoms. The zero-order chi connectivity index (χ0) is 11.4. The number of aromatic nitrogens is 2. The lowest BCUT2D eigenvalue weighted by Crippen LogP contribution is -2.13. The Labute approximate surface area is 100 Å². The molecule has 2 atom stereocenters. The van der Waals surface area contributed by atoms with E-state index in [1.807, 2.05) is 0 Å². The highest BCUT2D eigenvalue weighted by atomic mass is 32.1. The quantitative estimate of drug-likeness (QED) is 0.803. The van der Waals surface area contributed by atoms with Crippen LogP contribution in [0, 0.1) is 0 Å². The van der Waals surface area contributed by atoms with Gasteiger partial charge in [-0.3, -0.25) is 0 Å². The Bertz CT molecular complexity index is 329. The summed E-state index contributed by atoms with van der Waals surface area (Å²) in [7, 11) is 0. The summed E-state index contributed by atoms with van der Waals surface area (Å²) in [5.41, 5.74) is 0. The largest absolute Gasteiger partial charge is 0.368 e. The Morgan fingerprint density at radius 2 is 2.31 bits per heavy atom. The van der Waals surface area contributed by atoms with E-state index in [2.05, 4.69) is 29.4 Å². The summed E-state index contributed by atoms with van der Waals surface area (Å²) in [4.78, 5) is 0. The minimum Gasteiger partial charge on any atom is -0.368 e. The molecule has 0 spiro atoms. The molecule has 0 radical (unpaired) electrons. The first-order chi connectivity index (χ1) is 7.79. The minimum absolute atomic E-state index is 0.187. The molecule has 1 aromatic heterocycles. The van der Waals surface area contributed by atoms with Crippen molar-refractivity contribution in [3.05, 3.63) is 10.0 Å². The van der Waals surface area contributed by atoms with Gasteiger partial charge in [0.05, 0.1) is 6.10 Å². The monoisotopic (exact) mass is 241 g/mol. The third-order valence-corrected chi connectivity index (χ3v) is 3.71. The Morgan fingerprint density at radius 3 is 3.00 bits per heavy atom. The fraction of sp³-hybridized carbons (Fsp3) is 0.818. The molecule has 1 saturated heterocycles. The fourth-order valence-corrected chi connectivity index (χ4v) is 2.71. The lowest BCUT2D eigenvalue weighted by Gasteiger charge is -2.05. The molecule has 1 aliphatic rings. The second-order valence-corrected chi connectivity index (χ2v) is 5.32. The van der Waals surface area contributed by atoms with Gasteiger partial charge in [0.15, 0.2) is 0 Å². The van der Waals surface area contributed by atoms with Gasteiger partial charge in [-0.05, 0) is 32.7 Å². The van der Waals surface area contributed by atoms with E-state index >= 15 is 0 Å². The van der Waals surface area contributed by atoms with Crippen molar-refractivity contribution < 1.29 is 4.74 Å². The van der Waals surface area contributed by atoms with Crippen molar-refractivity contribution in [2.75, 3.05) is 6.54 Å². The molecule has 5 heteroatoms. The summed E-state index contributed by atoms with van der Waals surface area (Å²) in [6.45, 7) is 6.14. The predicted molar refractivity (Wildman–Crippen MR) is 64.4 cm³/mol. The number of hydrogen-bond donors (Lipinski definition) is 1. The molecule has 0 saturated carbocycles. The smallest absolute Gasteiger partial charge is 0.146 e. The average molecular weight is 241 g/mol. The van der Waals surface area contributed by atoms with Crippen molar-refractivity contribution >= 4 is 11.3 Å². The van der Waals surface area contributed by atoms with Crippen LogP contribution in [0.25, 0.3) is 0 Å². The summed E-state index contributed by atoms with van der Waals surface area (Å²) >= 11 is 1.67. The summed E-state index contributed by atoms with van der Waals surface area (Å²) < 4.78 is 5.77. The van der Waals surface area contributed by atoms with Crippen LogP contribution < -0.4 is 5.32 Å². The van der Waals surface area contributed by atoms with Gasteiger partial charge in [-0.1, -0.05) is 18.3 Å². The van der Waals surface area contributed by atoms with Crippen LogP contribution in [0.4, 0.5) is 0 Å². The van der Waals surface area contributed by atoms with E-state index in [0.29, 0.717) is 6.10 Å². The van der Waals surface area contributed by atoms with Crippen LogP contribution in [0.15, 0.2) is 0 Å². The van der Waals surface area contributed by atoms with E-state index < -0.39 is 0 Å². The van der Waals surface area contributed by atoms with Crippen LogP contribution in [0.3, 0.4) is 0 Å². The highest BCUT2D eigenvalue weighted by Crippen LogP contribution is 2.33. The third kappa shape index (κ3) is 2.99. The maximum Gasteiger partial charge on any atom is 0.146 e. The van der Waals surface area contributed by atoms with Gasteiger partial charge in [0.25, 0.3) is 0 Å². The fourth-order valence-electron chi connectivity index (χ4n) is 1.82. The summed E-state index contributed by atoms with van der Waals surface area (Å²) in [5, 5.41) is 13.8. The maximum absolute atomic E-state index is 5.77. The molecule has 0 aliphatic carbocycles. The molecule has 1 fully saturated rings. The average Bonchev–Trinajstić information content (AvgIpc) is 2.87. The molecular formula is C11H19N3OS. The molecule has 0 amide bonds. The van der Waals surface area contributed by atoms with Crippen LogP contribution in [0.2, 0.25) is 0 Å². The Morgan fingerprint density at radius 1 is 1.44 bits per heavy atom. The van der Waals surface area contributed by atoms with E-state index in [9.17, 15) is 0 Å². The van der Waals surface area contributed by atoms with E-state index in [4.69, 9.17) is 4.74 Å². The van der Waals surface area contributed by atoms with Crippen molar-refractivity contribution in [1.29, 1.82) is 0 Å². The summed E-state index contributed by atoms with van der Waals surface area (Å²) in [5.74, 6) is 0. The van der Waals surface area contributed by atoms with Crippen molar-refractivity contribution in [1.82, 2.24) is 15.5 Å². The molecule has 4 nitrogen and oxygen atoms in total. The highest BCUT2D eigenvalue weighted by molar-refractivity contribution is 7.11. The van der Waals surface area contributed by atoms with Crippen LogP contribution in [0.5, 0.6) is 0 Å². The van der Waals surface area contributed by atoms with Gasteiger partial charge in [0.1, 0.15) is 16.1 Å². The van der Waals surface area contributed by atoms with Crippen molar-refractivity contribution in [3.63, 3.8) is 0 Å². The molecular weight excluding hydrogens is 222 g/mol. The molecule has 2 heterocycles. The topological polar surface area (TPSA) is 47.0 Å². The van der Waals surface area contributed by atoms with Gasteiger partial charge < -0.3 is 10.1 Å². The Hall–Kier alpha value is -0.520. The highest BCUT2D eigenvalue weighted by Gasteiger charge is 2.26. The van der Waals surface area contributed by atoms with E-state index in [1.54, 1.807) is 11.3 Å². The lowest BCUT2D eigenvalue weighted by molar-refractivity contribution is 0.0550. The number of ether oxygens (including phenoxy) is 1. The van der Waals surface area contributed by atoms with Crippen LogP contribution in [0.1, 0.15) is 49.2 Å².